The molecule has 1 aliphatic rings. The van der Waals surface area contributed by atoms with Crippen molar-refractivity contribution >= 4 is 17.8 Å². The molecule has 6 heteroatoms. The van der Waals surface area contributed by atoms with E-state index in [4.69, 9.17) is 9.47 Å². The number of benzene rings is 2. The Labute approximate surface area is 176 Å². The number of likely N-dealkylation sites (tertiary alicyclic amines) is 1. The van der Waals surface area contributed by atoms with Gasteiger partial charge in [0.15, 0.2) is 6.61 Å². The lowest BCUT2D eigenvalue weighted by Gasteiger charge is -2.34. The van der Waals surface area contributed by atoms with Crippen molar-refractivity contribution < 1.29 is 23.9 Å². The molecule has 1 saturated heterocycles. The van der Waals surface area contributed by atoms with Crippen molar-refractivity contribution in [2.45, 2.75) is 27.2 Å². The Morgan fingerprint density at radius 2 is 1.63 bits per heavy atom. The van der Waals surface area contributed by atoms with Crippen molar-refractivity contribution in [2.75, 3.05) is 19.7 Å². The summed E-state index contributed by atoms with van der Waals surface area (Å²) in [6.45, 7) is 6.78. The molecule has 30 heavy (non-hydrogen) atoms. The molecule has 2 aromatic carbocycles. The van der Waals surface area contributed by atoms with Gasteiger partial charge in [-0.3, -0.25) is 9.59 Å². The lowest BCUT2D eigenvalue weighted by Crippen LogP contribution is -2.44. The van der Waals surface area contributed by atoms with Crippen LogP contribution in [0.3, 0.4) is 0 Å². The SMILES string of the molecule is CC(=O)Oc1ccc(-c2cccc(C(=O)OCC(=O)N3C[C@H](C)C[C@H](C)C3)c2)cc1. The van der Waals surface area contributed by atoms with E-state index in [1.807, 2.05) is 18.2 Å². The fourth-order valence-corrected chi connectivity index (χ4v) is 3.88. The number of hydrogen-bond donors (Lipinski definition) is 0. The predicted octanol–water partition coefficient (Wildman–Crippen LogP) is 3.94. The van der Waals surface area contributed by atoms with Gasteiger partial charge < -0.3 is 14.4 Å². The maximum Gasteiger partial charge on any atom is 0.338 e. The first-order valence-electron chi connectivity index (χ1n) is 10.2. The van der Waals surface area contributed by atoms with Gasteiger partial charge in [-0.25, -0.2) is 4.79 Å². The highest BCUT2D eigenvalue weighted by atomic mass is 16.5. The minimum Gasteiger partial charge on any atom is -0.452 e. The van der Waals surface area contributed by atoms with Gasteiger partial charge in [0.25, 0.3) is 5.91 Å². The Hall–Kier alpha value is -3.15. The summed E-state index contributed by atoms with van der Waals surface area (Å²) in [7, 11) is 0. The molecule has 1 amide bonds. The average Bonchev–Trinajstić information content (AvgIpc) is 2.71. The molecule has 6 nitrogen and oxygen atoms in total. The number of ether oxygens (including phenoxy) is 2. The van der Waals surface area contributed by atoms with Gasteiger partial charge in [-0.2, -0.15) is 0 Å². The molecule has 0 saturated carbocycles. The molecule has 2 atom stereocenters. The Kier molecular flexibility index (Phi) is 6.87. The molecule has 0 aromatic heterocycles. The van der Waals surface area contributed by atoms with Crippen molar-refractivity contribution in [1.82, 2.24) is 4.90 Å². The largest absolute Gasteiger partial charge is 0.452 e. The van der Waals surface area contributed by atoms with Crippen molar-refractivity contribution in [3.8, 4) is 16.9 Å². The van der Waals surface area contributed by atoms with Crippen LogP contribution in [-0.2, 0) is 14.3 Å². The zero-order valence-electron chi connectivity index (χ0n) is 17.6. The van der Waals surface area contributed by atoms with Crippen molar-refractivity contribution in [2.24, 2.45) is 11.8 Å². The van der Waals surface area contributed by atoms with Gasteiger partial charge in [-0.15, -0.1) is 0 Å². The van der Waals surface area contributed by atoms with Crippen LogP contribution in [0, 0.1) is 11.8 Å². The third kappa shape index (κ3) is 5.69. The summed E-state index contributed by atoms with van der Waals surface area (Å²) in [5.41, 5.74) is 2.07. The predicted molar refractivity (Wildman–Crippen MR) is 113 cm³/mol. The molecular weight excluding hydrogens is 382 g/mol. The van der Waals surface area contributed by atoms with Crippen molar-refractivity contribution in [3.05, 3.63) is 54.1 Å². The van der Waals surface area contributed by atoms with E-state index in [1.165, 1.54) is 6.92 Å². The summed E-state index contributed by atoms with van der Waals surface area (Å²) in [5.74, 6) is 0.311. The third-order valence-electron chi connectivity index (χ3n) is 5.10. The highest BCUT2D eigenvalue weighted by molar-refractivity contribution is 5.92. The van der Waals surface area contributed by atoms with Gasteiger partial charge >= 0.3 is 11.9 Å². The molecule has 0 N–H and O–H groups in total. The molecule has 0 aliphatic carbocycles. The zero-order valence-corrected chi connectivity index (χ0v) is 17.6. The normalized spacial score (nSPS) is 18.6. The molecule has 1 aliphatic heterocycles. The Morgan fingerprint density at radius 3 is 2.27 bits per heavy atom. The maximum absolute atomic E-state index is 12.5. The summed E-state index contributed by atoms with van der Waals surface area (Å²) >= 11 is 0. The lowest BCUT2D eigenvalue weighted by molar-refractivity contribution is -0.137. The summed E-state index contributed by atoms with van der Waals surface area (Å²) in [6.07, 6.45) is 1.11. The van der Waals surface area contributed by atoms with Gasteiger partial charge in [0, 0.05) is 20.0 Å². The van der Waals surface area contributed by atoms with E-state index < -0.39 is 5.97 Å². The second kappa shape index (κ2) is 9.57. The maximum atomic E-state index is 12.5. The number of carbonyl (C=O) groups is 3. The number of rotatable bonds is 5. The molecule has 2 aromatic rings. The molecule has 1 heterocycles. The Morgan fingerprint density at radius 1 is 0.967 bits per heavy atom. The van der Waals surface area contributed by atoms with E-state index in [9.17, 15) is 14.4 Å². The van der Waals surface area contributed by atoms with Crippen molar-refractivity contribution in [1.29, 1.82) is 0 Å². The summed E-state index contributed by atoms with van der Waals surface area (Å²) in [6, 6.07) is 14.0. The number of piperidine rings is 1. The topological polar surface area (TPSA) is 72.9 Å². The van der Waals surface area contributed by atoms with Crippen LogP contribution < -0.4 is 4.74 Å². The van der Waals surface area contributed by atoms with Crippen molar-refractivity contribution in [3.63, 3.8) is 0 Å². The van der Waals surface area contributed by atoms with Gasteiger partial charge in [-0.05, 0) is 53.6 Å². The Bertz CT molecular complexity index is 911. The van der Waals surface area contributed by atoms with E-state index in [1.54, 1.807) is 35.2 Å². The Balaban J connectivity index is 1.62. The molecule has 0 unspecified atom stereocenters. The van der Waals surface area contributed by atoms with E-state index >= 15 is 0 Å². The van der Waals surface area contributed by atoms with E-state index in [0.29, 0.717) is 36.2 Å². The van der Waals surface area contributed by atoms with Crippen LogP contribution in [-0.4, -0.2) is 42.4 Å². The van der Waals surface area contributed by atoms with Crippen LogP contribution >= 0.6 is 0 Å². The minimum atomic E-state index is -0.528. The lowest BCUT2D eigenvalue weighted by atomic mass is 9.92. The fraction of sp³-hybridized carbons (Fsp3) is 0.375. The van der Waals surface area contributed by atoms with E-state index in [0.717, 1.165) is 17.5 Å². The van der Waals surface area contributed by atoms with E-state index in [2.05, 4.69) is 13.8 Å². The second-order valence-electron chi connectivity index (χ2n) is 8.02. The molecule has 3 rings (SSSR count). The third-order valence-corrected chi connectivity index (χ3v) is 5.10. The van der Waals surface area contributed by atoms with E-state index in [-0.39, 0.29) is 18.5 Å². The standard InChI is InChI=1S/C24H27NO5/c1-16-11-17(2)14-25(13-16)23(27)15-29-24(28)21-6-4-5-20(12-21)19-7-9-22(10-8-19)30-18(3)26/h4-10,12,16-17H,11,13-15H2,1-3H3/t16-,17+. The minimum absolute atomic E-state index is 0.154. The summed E-state index contributed by atoms with van der Waals surface area (Å²) in [4.78, 5) is 37.7. The number of amides is 1. The van der Waals surface area contributed by atoms with Crippen LogP contribution in [0.2, 0.25) is 0 Å². The average molecular weight is 409 g/mol. The van der Waals surface area contributed by atoms with Gasteiger partial charge in [0.1, 0.15) is 5.75 Å². The highest BCUT2D eigenvalue weighted by Gasteiger charge is 2.26. The fourth-order valence-electron chi connectivity index (χ4n) is 3.88. The van der Waals surface area contributed by atoms with Crippen LogP contribution in [0.25, 0.3) is 11.1 Å². The monoisotopic (exact) mass is 409 g/mol. The first-order valence-corrected chi connectivity index (χ1v) is 10.2. The van der Waals surface area contributed by atoms with Gasteiger partial charge in [0.2, 0.25) is 0 Å². The van der Waals surface area contributed by atoms with Crippen LogP contribution in [0.15, 0.2) is 48.5 Å². The highest BCUT2D eigenvalue weighted by Crippen LogP contribution is 2.24. The zero-order chi connectivity index (χ0) is 21.7. The van der Waals surface area contributed by atoms with Crippen LogP contribution in [0.1, 0.15) is 37.6 Å². The molecule has 0 spiro atoms. The van der Waals surface area contributed by atoms with Gasteiger partial charge in [0.05, 0.1) is 5.56 Å². The van der Waals surface area contributed by atoms with Gasteiger partial charge in [-0.1, -0.05) is 38.1 Å². The van der Waals surface area contributed by atoms with Crippen LogP contribution in [0.5, 0.6) is 5.75 Å². The smallest absolute Gasteiger partial charge is 0.338 e. The van der Waals surface area contributed by atoms with Crippen LogP contribution in [0.4, 0.5) is 0 Å². The first-order chi connectivity index (χ1) is 14.3. The molecule has 1 fully saturated rings. The number of hydrogen-bond acceptors (Lipinski definition) is 5. The molecular formula is C24H27NO5. The number of esters is 2. The number of nitrogens with zero attached hydrogens (tertiary/aromatic N) is 1. The molecule has 0 radical (unpaired) electrons. The quantitative estimate of drug-likeness (QED) is 0.552. The second-order valence-corrected chi connectivity index (χ2v) is 8.02. The summed E-state index contributed by atoms with van der Waals surface area (Å²) < 4.78 is 10.3. The number of carbonyl (C=O) groups excluding carboxylic acids is 3. The molecule has 0 bridgehead atoms. The first kappa shape index (κ1) is 21.6. The summed E-state index contributed by atoms with van der Waals surface area (Å²) in [5, 5.41) is 0. The molecule has 158 valence electrons.